The van der Waals surface area contributed by atoms with E-state index in [-0.39, 0.29) is 21.8 Å². The van der Waals surface area contributed by atoms with Crippen LogP contribution in [0.1, 0.15) is 39.0 Å². The molecule has 4 N–H and O–H groups in total. The summed E-state index contributed by atoms with van der Waals surface area (Å²) in [5, 5.41) is 7.51. The maximum absolute atomic E-state index is 12.4. The number of benzene rings is 1. The lowest BCUT2D eigenvalue weighted by Gasteiger charge is -2.14. The standard InChI is InChI=1S/C18H21N3O7S/c1-9-14(17(23)27-4)10(2)20-15(9)18(24)28-11(3)16(22)21-12-6-5-7-13(8-12)29(19,25)26/h5-8,11,20H,1-4H3,(H,21,22)(H2,19,25,26). The summed E-state index contributed by atoms with van der Waals surface area (Å²) < 4.78 is 32.6. The molecule has 0 fully saturated rings. The molecule has 0 radical (unpaired) electrons. The maximum atomic E-state index is 12.4. The number of hydrogen-bond acceptors (Lipinski definition) is 7. The van der Waals surface area contributed by atoms with E-state index in [1.54, 1.807) is 13.8 Å². The van der Waals surface area contributed by atoms with Crippen molar-refractivity contribution >= 4 is 33.6 Å². The Hall–Kier alpha value is -3.18. The lowest BCUT2D eigenvalue weighted by Crippen LogP contribution is -2.30. The molecule has 1 atom stereocenters. The van der Waals surface area contributed by atoms with Crippen molar-refractivity contribution in [2.75, 3.05) is 12.4 Å². The minimum atomic E-state index is -3.93. The van der Waals surface area contributed by atoms with Crippen LogP contribution in [0.25, 0.3) is 0 Å². The molecule has 0 bridgehead atoms. The molecule has 0 spiro atoms. The molecule has 2 rings (SSSR count). The van der Waals surface area contributed by atoms with Crippen LogP contribution in [-0.4, -0.2) is 44.5 Å². The molecular formula is C18H21N3O7S. The number of methoxy groups -OCH3 is 1. The van der Waals surface area contributed by atoms with E-state index in [1.165, 1.54) is 38.3 Å². The number of ether oxygens (including phenoxy) is 2. The van der Waals surface area contributed by atoms with Crippen LogP contribution in [0.3, 0.4) is 0 Å². The van der Waals surface area contributed by atoms with Gasteiger partial charge < -0.3 is 19.8 Å². The Morgan fingerprint density at radius 3 is 2.41 bits per heavy atom. The predicted molar refractivity (Wildman–Crippen MR) is 103 cm³/mol. The normalized spacial score (nSPS) is 12.2. The minimum absolute atomic E-state index is 0.0266. The molecule has 1 amide bonds. The molecule has 0 aliphatic rings. The number of carbonyl (C=O) groups excluding carboxylic acids is 3. The molecule has 0 saturated heterocycles. The SMILES string of the molecule is COC(=O)c1c(C)[nH]c(C(=O)OC(C)C(=O)Nc2cccc(S(N)(=O)=O)c2)c1C. The van der Waals surface area contributed by atoms with E-state index in [4.69, 9.17) is 9.88 Å². The number of aromatic amines is 1. The smallest absolute Gasteiger partial charge is 0.355 e. The van der Waals surface area contributed by atoms with Gasteiger partial charge in [0.25, 0.3) is 5.91 Å². The third-order valence-corrected chi connectivity index (χ3v) is 5.03. The number of amides is 1. The molecule has 1 heterocycles. The molecule has 1 aromatic carbocycles. The predicted octanol–water partition coefficient (Wildman–Crippen LogP) is 1.25. The van der Waals surface area contributed by atoms with Crippen molar-refractivity contribution in [2.45, 2.75) is 31.8 Å². The number of H-pyrrole nitrogens is 1. The first-order chi connectivity index (χ1) is 13.5. The van der Waals surface area contributed by atoms with Crippen LogP contribution in [0.4, 0.5) is 5.69 Å². The summed E-state index contributed by atoms with van der Waals surface area (Å²) in [6, 6.07) is 5.33. The molecule has 11 heteroatoms. The Balaban J connectivity index is 2.12. The first kappa shape index (κ1) is 22.1. The largest absolute Gasteiger partial charge is 0.465 e. The van der Waals surface area contributed by atoms with Crippen LogP contribution in [0.15, 0.2) is 29.2 Å². The highest BCUT2D eigenvalue weighted by Gasteiger charge is 2.26. The van der Waals surface area contributed by atoms with Gasteiger partial charge in [-0.2, -0.15) is 0 Å². The van der Waals surface area contributed by atoms with Crippen molar-refractivity contribution in [3.8, 4) is 0 Å². The zero-order chi connectivity index (χ0) is 21.9. The van der Waals surface area contributed by atoms with Gasteiger partial charge in [0.2, 0.25) is 10.0 Å². The van der Waals surface area contributed by atoms with Gasteiger partial charge in [0, 0.05) is 11.4 Å². The van der Waals surface area contributed by atoms with Crippen molar-refractivity contribution in [3.05, 3.63) is 46.8 Å². The highest BCUT2D eigenvalue weighted by molar-refractivity contribution is 7.89. The first-order valence-corrected chi connectivity index (χ1v) is 9.92. The van der Waals surface area contributed by atoms with Gasteiger partial charge in [0.1, 0.15) is 5.69 Å². The van der Waals surface area contributed by atoms with Gasteiger partial charge in [-0.15, -0.1) is 0 Å². The number of primary sulfonamides is 1. The van der Waals surface area contributed by atoms with Crippen LogP contribution in [-0.2, 0) is 24.3 Å². The summed E-state index contributed by atoms with van der Waals surface area (Å²) in [6.07, 6.45) is -1.20. The molecule has 0 aliphatic carbocycles. The number of aromatic nitrogens is 1. The molecule has 0 saturated carbocycles. The van der Waals surface area contributed by atoms with E-state index >= 15 is 0 Å². The number of nitrogens with one attached hydrogen (secondary N) is 2. The summed E-state index contributed by atoms with van der Waals surface area (Å²) in [5.74, 6) is -2.11. The highest BCUT2D eigenvalue weighted by atomic mass is 32.2. The third kappa shape index (κ3) is 5.00. The Labute approximate surface area is 167 Å². The minimum Gasteiger partial charge on any atom is -0.465 e. The van der Waals surface area contributed by atoms with Crippen molar-refractivity contribution in [3.63, 3.8) is 0 Å². The molecule has 1 unspecified atom stereocenters. The number of carbonyl (C=O) groups is 3. The molecule has 156 valence electrons. The Bertz CT molecular complexity index is 1070. The number of nitrogens with two attached hydrogens (primary N) is 1. The average molecular weight is 423 g/mol. The van der Waals surface area contributed by atoms with Gasteiger partial charge in [0.05, 0.1) is 17.6 Å². The topological polar surface area (TPSA) is 158 Å². The van der Waals surface area contributed by atoms with E-state index in [0.29, 0.717) is 11.3 Å². The number of aryl methyl sites for hydroxylation is 1. The number of sulfonamides is 1. The van der Waals surface area contributed by atoms with Gasteiger partial charge in [-0.05, 0) is 44.5 Å². The van der Waals surface area contributed by atoms with Crippen molar-refractivity contribution in [2.24, 2.45) is 5.14 Å². The molecule has 1 aromatic heterocycles. The van der Waals surface area contributed by atoms with E-state index in [9.17, 15) is 22.8 Å². The zero-order valence-corrected chi connectivity index (χ0v) is 17.0. The van der Waals surface area contributed by atoms with E-state index in [2.05, 4.69) is 15.0 Å². The fourth-order valence-corrected chi connectivity index (χ4v) is 3.19. The lowest BCUT2D eigenvalue weighted by molar-refractivity contribution is -0.123. The van der Waals surface area contributed by atoms with Gasteiger partial charge in [-0.25, -0.2) is 23.1 Å². The Morgan fingerprint density at radius 2 is 1.83 bits per heavy atom. The second-order valence-electron chi connectivity index (χ2n) is 6.23. The molecular weight excluding hydrogens is 402 g/mol. The maximum Gasteiger partial charge on any atom is 0.355 e. The number of esters is 2. The Kier molecular flexibility index (Phi) is 6.44. The lowest BCUT2D eigenvalue weighted by atomic mass is 10.1. The van der Waals surface area contributed by atoms with E-state index < -0.39 is 34.0 Å². The van der Waals surface area contributed by atoms with Crippen LogP contribution >= 0.6 is 0 Å². The molecule has 0 aliphatic heterocycles. The monoisotopic (exact) mass is 423 g/mol. The molecule has 2 aromatic rings. The zero-order valence-electron chi connectivity index (χ0n) is 16.2. The Morgan fingerprint density at radius 1 is 1.17 bits per heavy atom. The quantitative estimate of drug-likeness (QED) is 0.590. The summed E-state index contributed by atoms with van der Waals surface area (Å²) in [4.78, 5) is 39.1. The van der Waals surface area contributed by atoms with E-state index in [0.717, 1.165) is 0 Å². The van der Waals surface area contributed by atoms with Crippen molar-refractivity contribution in [1.82, 2.24) is 4.98 Å². The fraction of sp³-hybridized carbons (Fsp3) is 0.278. The average Bonchev–Trinajstić information content (AvgIpc) is 2.95. The summed E-state index contributed by atoms with van der Waals surface area (Å²) in [6.45, 7) is 4.50. The van der Waals surface area contributed by atoms with Gasteiger partial charge in [-0.3, -0.25) is 4.79 Å². The summed E-state index contributed by atoms with van der Waals surface area (Å²) >= 11 is 0. The fourth-order valence-electron chi connectivity index (χ4n) is 2.63. The van der Waals surface area contributed by atoms with E-state index in [1.807, 2.05) is 0 Å². The third-order valence-electron chi connectivity index (χ3n) is 4.11. The van der Waals surface area contributed by atoms with Crippen LogP contribution in [0.5, 0.6) is 0 Å². The van der Waals surface area contributed by atoms with Crippen molar-refractivity contribution < 1.29 is 32.3 Å². The van der Waals surface area contributed by atoms with Gasteiger partial charge in [0.15, 0.2) is 6.10 Å². The number of anilines is 1. The number of rotatable bonds is 6. The molecule has 10 nitrogen and oxygen atoms in total. The van der Waals surface area contributed by atoms with Crippen LogP contribution < -0.4 is 10.5 Å². The second-order valence-corrected chi connectivity index (χ2v) is 7.79. The highest BCUT2D eigenvalue weighted by Crippen LogP contribution is 2.20. The second kappa shape index (κ2) is 8.45. The van der Waals surface area contributed by atoms with Crippen molar-refractivity contribution in [1.29, 1.82) is 0 Å². The molecule has 29 heavy (non-hydrogen) atoms. The summed E-state index contributed by atoms with van der Waals surface area (Å²) in [7, 11) is -2.71. The van der Waals surface area contributed by atoms with Gasteiger partial charge in [-0.1, -0.05) is 6.07 Å². The van der Waals surface area contributed by atoms with Crippen LogP contribution in [0.2, 0.25) is 0 Å². The summed E-state index contributed by atoms with van der Waals surface area (Å²) in [5.41, 5.74) is 1.19. The number of hydrogen-bond donors (Lipinski definition) is 3. The van der Waals surface area contributed by atoms with Crippen LogP contribution in [0, 0.1) is 13.8 Å². The van der Waals surface area contributed by atoms with Gasteiger partial charge >= 0.3 is 11.9 Å². The first-order valence-electron chi connectivity index (χ1n) is 8.38.